The van der Waals surface area contributed by atoms with Crippen LogP contribution in [0, 0.1) is 24.5 Å². The first-order chi connectivity index (χ1) is 21.2. The van der Waals surface area contributed by atoms with E-state index in [9.17, 15) is 13.6 Å². The molecular formula is C34H39F2N5O3. The summed E-state index contributed by atoms with van der Waals surface area (Å²) in [6.45, 7) is 4.28. The topological polar surface area (TPSA) is 72.7 Å². The van der Waals surface area contributed by atoms with Crippen molar-refractivity contribution in [3.63, 3.8) is 0 Å². The van der Waals surface area contributed by atoms with Gasteiger partial charge >= 0.3 is 0 Å². The molecule has 0 aliphatic carbocycles. The number of aromatic nitrogens is 3. The first kappa shape index (κ1) is 31.6. The van der Waals surface area contributed by atoms with Crippen LogP contribution in [0.1, 0.15) is 35.0 Å². The number of pyridine rings is 1. The minimum atomic E-state index is -0.942. The maximum Gasteiger partial charge on any atom is 0.159 e. The van der Waals surface area contributed by atoms with E-state index in [0.717, 1.165) is 59.0 Å². The maximum absolute atomic E-state index is 14.2. The van der Waals surface area contributed by atoms with Crippen molar-refractivity contribution < 1.29 is 23.1 Å². The number of para-hydroxylation sites is 1. The van der Waals surface area contributed by atoms with Gasteiger partial charge in [0.2, 0.25) is 0 Å². The second-order valence-electron chi connectivity index (χ2n) is 11.5. The lowest BCUT2D eigenvalue weighted by Gasteiger charge is -2.18. The summed E-state index contributed by atoms with van der Waals surface area (Å²) in [7, 11) is 5.68. The first-order valence-electron chi connectivity index (χ1n) is 14.8. The lowest BCUT2D eigenvalue weighted by atomic mass is 9.90. The van der Waals surface area contributed by atoms with Crippen LogP contribution in [-0.4, -0.2) is 78.0 Å². The quantitative estimate of drug-likeness (QED) is 0.203. The predicted octanol–water partition coefficient (Wildman–Crippen LogP) is 5.38. The van der Waals surface area contributed by atoms with Crippen molar-refractivity contribution in [2.45, 2.75) is 32.3 Å². The number of carbonyl (C=O) groups is 1. The van der Waals surface area contributed by atoms with E-state index >= 15 is 0 Å². The molecule has 232 valence electrons. The van der Waals surface area contributed by atoms with Crippen LogP contribution in [0.3, 0.4) is 0 Å². The monoisotopic (exact) mass is 603 g/mol. The van der Waals surface area contributed by atoms with E-state index in [4.69, 9.17) is 14.7 Å². The van der Waals surface area contributed by atoms with Crippen molar-refractivity contribution in [3.8, 4) is 16.9 Å². The van der Waals surface area contributed by atoms with E-state index in [1.54, 1.807) is 18.4 Å². The van der Waals surface area contributed by atoms with Gasteiger partial charge in [-0.2, -0.15) is 10.2 Å². The summed E-state index contributed by atoms with van der Waals surface area (Å²) in [4.78, 5) is 26.6. The lowest BCUT2D eigenvalue weighted by Crippen LogP contribution is -2.24. The lowest BCUT2D eigenvalue weighted by molar-refractivity contribution is -0.155. The number of hydroxylamine groups is 2. The number of rotatable bonds is 13. The molecule has 1 aliphatic rings. The third-order valence-electron chi connectivity index (χ3n) is 7.95. The Labute approximate surface area is 257 Å². The van der Waals surface area contributed by atoms with Gasteiger partial charge in [-0.1, -0.05) is 24.3 Å². The second kappa shape index (κ2) is 14.3. The second-order valence-corrected chi connectivity index (χ2v) is 11.5. The van der Waals surface area contributed by atoms with E-state index in [0.29, 0.717) is 25.3 Å². The van der Waals surface area contributed by atoms with E-state index in [1.807, 2.05) is 62.1 Å². The molecule has 8 nitrogen and oxygen atoms in total. The van der Waals surface area contributed by atoms with Crippen molar-refractivity contribution >= 4 is 5.78 Å². The normalized spacial score (nSPS) is 17.1. The summed E-state index contributed by atoms with van der Waals surface area (Å²) in [6, 6.07) is 17.6. The molecule has 1 aliphatic heterocycles. The minimum absolute atomic E-state index is 0.00732. The van der Waals surface area contributed by atoms with Crippen LogP contribution in [0.4, 0.5) is 8.78 Å². The number of nitrogens with zero attached hydrogens (tertiary/aromatic N) is 5. The Hall–Kier alpha value is -3.83. The highest BCUT2D eigenvalue weighted by atomic mass is 19.2. The summed E-state index contributed by atoms with van der Waals surface area (Å²) in [6.07, 6.45) is 2.39. The zero-order valence-corrected chi connectivity index (χ0v) is 25.7. The molecule has 2 aromatic carbocycles. The number of ether oxygens (including phenoxy) is 1. The van der Waals surface area contributed by atoms with Crippen LogP contribution in [0.15, 0.2) is 66.9 Å². The average molecular weight is 604 g/mol. The standard InChI is InChI=1S/C34H39F2N5O3/c1-23-32(21-29(42)19-26-22-40(16-17-43-4)44-34(26)25-10-11-30(35)31(36)20-25)41(28-8-6-5-7-9-28)38-33(23)24-12-14-37-27(18-24)13-15-39(2)3/h5-12,14,18,20,26,34H,13,15-17,19,21-22H2,1-4H3/t26-,34+/m1/s1. The SMILES string of the molecule is COCCN1C[C@@H](CC(=O)Cc2c(C)c(-c3ccnc(CCN(C)C)c3)nn2-c2ccccc2)[C@H](c2ccc(F)c(F)c2)O1. The number of carbonyl (C=O) groups excluding carboxylic acids is 1. The van der Waals surface area contributed by atoms with E-state index in [2.05, 4.69) is 16.0 Å². The summed E-state index contributed by atoms with van der Waals surface area (Å²) < 4.78 is 34.9. The number of Topliss-reactive ketones (excluding diaryl/α,β-unsaturated/α-hetero) is 1. The van der Waals surface area contributed by atoms with Gasteiger partial charge < -0.3 is 9.64 Å². The smallest absolute Gasteiger partial charge is 0.159 e. The molecule has 0 bridgehead atoms. The molecule has 4 aromatic rings. The summed E-state index contributed by atoms with van der Waals surface area (Å²) in [5.41, 5.74) is 5.82. The average Bonchev–Trinajstić information content (AvgIpc) is 3.57. The molecule has 44 heavy (non-hydrogen) atoms. The Kier molecular flexibility index (Phi) is 10.3. The van der Waals surface area contributed by atoms with Crippen LogP contribution < -0.4 is 0 Å². The van der Waals surface area contributed by atoms with Crippen molar-refractivity contribution in [1.82, 2.24) is 24.7 Å². The fourth-order valence-electron chi connectivity index (χ4n) is 5.63. The van der Waals surface area contributed by atoms with Gasteiger partial charge in [-0.15, -0.1) is 0 Å². The van der Waals surface area contributed by atoms with Gasteiger partial charge in [0.15, 0.2) is 11.6 Å². The molecule has 0 saturated carbocycles. The summed E-state index contributed by atoms with van der Waals surface area (Å²) in [5, 5.41) is 6.74. The fraction of sp³-hybridized carbons (Fsp3) is 0.382. The van der Waals surface area contributed by atoms with Crippen molar-refractivity contribution in [2.24, 2.45) is 5.92 Å². The van der Waals surface area contributed by atoms with Crippen LogP contribution in [-0.2, 0) is 27.2 Å². The van der Waals surface area contributed by atoms with Crippen LogP contribution in [0.25, 0.3) is 16.9 Å². The molecular weight excluding hydrogens is 564 g/mol. The molecule has 0 spiro atoms. The fourth-order valence-corrected chi connectivity index (χ4v) is 5.63. The number of halogens is 2. The number of hydrogen-bond acceptors (Lipinski definition) is 7. The molecule has 0 unspecified atom stereocenters. The van der Waals surface area contributed by atoms with Gasteiger partial charge in [-0.3, -0.25) is 14.6 Å². The zero-order valence-electron chi connectivity index (χ0n) is 25.7. The predicted molar refractivity (Wildman–Crippen MR) is 164 cm³/mol. The minimum Gasteiger partial charge on any atom is -0.383 e. The molecule has 0 amide bonds. The highest BCUT2D eigenvalue weighted by Crippen LogP contribution is 2.37. The molecule has 5 rings (SSSR count). The van der Waals surface area contributed by atoms with Crippen molar-refractivity contribution in [1.29, 1.82) is 0 Å². The van der Waals surface area contributed by atoms with E-state index < -0.39 is 17.7 Å². The van der Waals surface area contributed by atoms with E-state index in [1.165, 1.54) is 6.07 Å². The third-order valence-corrected chi connectivity index (χ3v) is 7.95. The molecule has 3 heterocycles. The maximum atomic E-state index is 14.2. The number of hydrogen-bond donors (Lipinski definition) is 0. The Morgan fingerprint density at radius 2 is 1.89 bits per heavy atom. The molecule has 0 N–H and O–H groups in total. The summed E-state index contributed by atoms with van der Waals surface area (Å²) >= 11 is 0. The molecule has 10 heteroatoms. The zero-order chi connectivity index (χ0) is 31.2. The van der Waals surface area contributed by atoms with Crippen LogP contribution in [0.5, 0.6) is 0 Å². The summed E-state index contributed by atoms with van der Waals surface area (Å²) in [5.74, 6) is -2.11. The van der Waals surface area contributed by atoms with E-state index in [-0.39, 0.29) is 24.5 Å². The van der Waals surface area contributed by atoms with Gasteiger partial charge in [0, 0.05) is 69.4 Å². The van der Waals surface area contributed by atoms with Crippen molar-refractivity contribution in [3.05, 3.63) is 101 Å². The number of methoxy groups -OCH3 is 1. The molecule has 0 radical (unpaired) electrons. The van der Waals surface area contributed by atoms with Crippen LogP contribution in [0.2, 0.25) is 0 Å². The highest BCUT2D eigenvalue weighted by molar-refractivity contribution is 5.82. The number of ketones is 1. The van der Waals surface area contributed by atoms with Gasteiger partial charge in [-0.05, 0) is 68.5 Å². The molecule has 1 saturated heterocycles. The molecule has 1 fully saturated rings. The van der Waals surface area contributed by atoms with Gasteiger partial charge in [0.05, 0.1) is 23.7 Å². The molecule has 2 aromatic heterocycles. The Morgan fingerprint density at radius 3 is 2.61 bits per heavy atom. The number of benzene rings is 2. The van der Waals surface area contributed by atoms with Crippen molar-refractivity contribution in [2.75, 3.05) is 47.4 Å². The molecule has 2 atom stereocenters. The Bertz CT molecular complexity index is 1580. The van der Waals surface area contributed by atoms with Gasteiger partial charge in [-0.25, -0.2) is 13.5 Å². The first-order valence-corrected chi connectivity index (χ1v) is 14.8. The number of likely N-dealkylation sites (N-methyl/N-ethyl adjacent to an activating group) is 1. The largest absolute Gasteiger partial charge is 0.383 e. The van der Waals surface area contributed by atoms with Gasteiger partial charge in [0.25, 0.3) is 0 Å². The Balaban J connectivity index is 1.42. The highest BCUT2D eigenvalue weighted by Gasteiger charge is 2.37. The third kappa shape index (κ3) is 7.44. The van der Waals surface area contributed by atoms with Crippen LogP contribution >= 0.6 is 0 Å². The van der Waals surface area contributed by atoms with Gasteiger partial charge in [0.1, 0.15) is 11.9 Å². The Morgan fingerprint density at radius 1 is 1.09 bits per heavy atom.